The highest BCUT2D eigenvalue weighted by Crippen LogP contribution is 2.47. The lowest BCUT2D eigenvalue weighted by atomic mass is 9.83. The van der Waals surface area contributed by atoms with Crippen LogP contribution >= 0.6 is 0 Å². The van der Waals surface area contributed by atoms with E-state index in [0.29, 0.717) is 23.4 Å². The Labute approximate surface area is 337 Å². The second-order valence-electron chi connectivity index (χ2n) is 16.8. The number of ether oxygens (including phenoxy) is 4. The van der Waals surface area contributed by atoms with Crippen molar-refractivity contribution in [2.24, 2.45) is 0 Å². The van der Waals surface area contributed by atoms with Gasteiger partial charge in [0.15, 0.2) is 0 Å². The maximum Gasteiger partial charge on any atom is 0.513 e. The van der Waals surface area contributed by atoms with E-state index in [0.717, 1.165) is 40.7 Å². The van der Waals surface area contributed by atoms with Crippen LogP contribution in [0.4, 0.5) is 4.79 Å². The summed E-state index contributed by atoms with van der Waals surface area (Å²) in [6.45, 7) is 17.2. The van der Waals surface area contributed by atoms with Crippen LogP contribution < -0.4 is 4.74 Å². The van der Waals surface area contributed by atoms with Crippen molar-refractivity contribution in [1.29, 1.82) is 0 Å². The molecular weight excluding hydrogens is 713 g/mol. The molecule has 4 aromatic carbocycles. The van der Waals surface area contributed by atoms with Crippen LogP contribution in [0.5, 0.6) is 5.75 Å². The minimum Gasteiger partial charge on any atom is -0.496 e. The lowest BCUT2D eigenvalue weighted by Gasteiger charge is -2.25. The van der Waals surface area contributed by atoms with Crippen molar-refractivity contribution in [2.75, 3.05) is 20.3 Å². The average molecular weight is 769 g/mol. The quantitative estimate of drug-likeness (QED) is 0.0510. The van der Waals surface area contributed by atoms with Crippen molar-refractivity contribution in [3.8, 4) is 28.1 Å². The van der Waals surface area contributed by atoms with E-state index in [1.807, 2.05) is 65.4 Å². The summed E-state index contributed by atoms with van der Waals surface area (Å²) in [5.74, 6) is -0.205. The molecular formula is C49H56N2O6. The summed E-state index contributed by atoms with van der Waals surface area (Å²) in [7, 11) is 1.58. The Bertz CT molecular complexity index is 2170. The zero-order valence-corrected chi connectivity index (χ0v) is 34.8. The predicted molar refractivity (Wildman–Crippen MR) is 226 cm³/mol. The topological polar surface area (TPSA) is 88.9 Å². The lowest BCUT2D eigenvalue weighted by Crippen LogP contribution is -2.24. The van der Waals surface area contributed by atoms with E-state index in [9.17, 15) is 9.59 Å². The second-order valence-corrected chi connectivity index (χ2v) is 16.8. The number of unbranched alkanes of at least 4 members (excludes halogenated alkanes) is 2. The van der Waals surface area contributed by atoms with Crippen molar-refractivity contribution >= 4 is 12.1 Å². The normalized spacial score (nSPS) is 13.6. The Morgan fingerprint density at radius 1 is 0.789 bits per heavy atom. The summed E-state index contributed by atoms with van der Waals surface area (Å²) in [5, 5.41) is 0. The number of hydrogen-bond donors (Lipinski definition) is 0. The van der Waals surface area contributed by atoms with E-state index in [1.165, 1.54) is 11.1 Å². The number of imidazole rings is 1. The van der Waals surface area contributed by atoms with Crippen LogP contribution in [0.1, 0.15) is 114 Å². The SMILES string of the molecule is CCCCCOC(=O)C(=C(C)OC(=O)OCC1c2cc(C(C)(C)C)ccc2-c2ccc(C(C)(C)C)cc21)C(c1ccccc1OC)n1cnc(-c2ccccc2)c1. The smallest absolute Gasteiger partial charge is 0.496 e. The van der Waals surface area contributed by atoms with Gasteiger partial charge in [-0.25, -0.2) is 14.6 Å². The Morgan fingerprint density at radius 2 is 1.40 bits per heavy atom. The molecule has 8 heteroatoms. The van der Waals surface area contributed by atoms with E-state index in [1.54, 1.807) is 20.4 Å². The summed E-state index contributed by atoms with van der Waals surface area (Å²) >= 11 is 0. The van der Waals surface area contributed by atoms with Crippen molar-refractivity contribution in [2.45, 2.75) is 97.4 Å². The highest BCUT2D eigenvalue weighted by atomic mass is 16.7. The fourth-order valence-corrected chi connectivity index (χ4v) is 7.47. The number of hydrogen-bond acceptors (Lipinski definition) is 7. The summed E-state index contributed by atoms with van der Waals surface area (Å²) < 4.78 is 25.5. The lowest BCUT2D eigenvalue weighted by molar-refractivity contribution is -0.139. The van der Waals surface area contributed by atoms with Crippen LogP contribution in [-0.4, -0.2) is 42.0 Å². The van der Waals surface area contributed by atoms with Gasteiger partial charge in [-0.05, 0) is 63.6 Å². The minimum absolute atomic E-state index is 0.0575. The zero-order valence-electron chi connectivity index (χ0n) is 34.8. The van der Waals surface area contributed by atoms with Gasteiger partial charge in [-0.1, -0.05) is 146 Å². The van der Waals surface area contributed by atoms with Gasteiger partial charge < -0.3 is 23.5 Å². The summed E-state index contributed by atoms with van der Waals surface area (Å²) in [6.07, 6.45) is 5.22. The third-order valence-electron chi connectivity index (χ3n) is 10.7. The number of benzene rings is 4. The molecule has 0 fully saturated rings. The molecule has 298 valence electrons. The molecule has 0 radical (unpaired) electrons. The number of esters is 1. The molecule has 0 spiro atoms. The van der Waals surface area contributed by atoms with Crippen LogP contribution in [0.2, 0.25) is 0 Å². The molecule has 0 saturated carbocycles. The number of carbonyl (C=O) groups is 2. The van der Waals surface area contributed by atoms with E-state index in [4.69, 9.17) is 23.9 Å². The Morgan fingerprint density at radius 3 is 2.00 bits per heavy atom. The number of methoxy groups -OCH3 is 1. The van der Waals surface area contributed by atoms with E-state index in [2.05, 4.69) is 84.9 Å². The Balaban J connectivity index is 1.37. The van der Waals surface area contributed by atoms with Crippen LogP contribution in [0.3, 0.4) is 0 Å². The number of carbonyl (C=O) groups excluding carboxylic acids is 2. The standard InChI is InChI=1S/C49H56N2O6/c1-10-11-17-26-55-46(52)44(45(38-20-15-16-21-43(38)54-9)51-29-42(50-31-51)33-18-13-12-14-19-33)32(2)57-47(53)56-30-41-39-27-34(48(3,4)5)22-24-36(39)37-25-23-35(28-40(37)41)49(6,7)8/h12-16,18-25,27-29,31,41,45H,10-11,17,26,30H2,1-9H3. The van der Waals surface area contributed by atoms with Crippen LogP contribution in [0.15, 0.2) is 115 Å². The molecule has 0 saturated heterocycles. The van der Waals surface area contributed by atoms with Gasteiger partial charge >= 0.3 is 12.1 Å². The molecule has 0 amide bonds. The number of nitrogens with zero attached hydrogens (tertiary/aromatic N) is 2. The molecule has 1 aromatic heterocycles. The summed E-state index contributed by atoms with van der Waals surface area (Å²) in [4.78, 5) is 32.8. The molecule has 1 unspecified atom stereocenters. The first-order valence-corrected chi connectivity index (χ1v) is 19.9. The van der Waals surface area contributed by atoms with E-state index >= 15 is 0 Å². The van der Waals surface area contributed by atoms with Crippen molar-refractivity contribution < 1.29 is 28.5 Å². The van der Waals surface area contributed by atoms with Gasteiger partial charge in [0, 0.05) is 23.2 Å². The molecule has 0 N–H and O–H groups in total. The average Bonchev–Trinajstić information content (AvgIpc) is 3.80. The molecule has 57 heavy (non-hydrogen) atoms. The van der Waals surface area contributed by atoms with E-state index < -0.39 is 18.2 Å². The van der Waals surface area contributed by atoms with Gasteiger partial charge in [-0.3, -0.25) is 0 Å². The van der Waals surface area contributed by atoms with Gasteiger partial charge in [0.1, 0.15) is 23.7 Å². The summed E-state index contributed by atoms with van der Waals surface area (Å²) in [6, 6.07) is 29.7. The van der Waals surface area contributed by atoms with Gasteiger partial charge in [0.2, 0.25) is 0 Å². The molecule has 1 atom stereocenters. The van der Waals surface area contributed by atoms with Crippen molar-refractivity contribution in [1.82, 2.24) is 9.55 Å². The number of fused-ring (bicyclic) bond motifs is 3. The fraction of sp³-hybridized carbons (Fsp3) is 0.367. The first-order chi connectivity index (χ1) is 27.2. The van der Waals surface area contributed by atoms with E-state index in [-0.39, 0.29) is 41.3 Å². The van der Waals surface area contributed by atoms with Crippen LogP contribution in [0, 0.1) is 0 Å². The first-order valence-electron chi connectivity index (χ1n) is 19.9. The molecule has 0 aliphatic heterocycles. The molecule has 6 rings (SSSR count). The van der Waals surface area contributed by atoms with Gasteiger partial charge in [-0.15, -0.1) is 0 Å². The number of aromatic nitrogens is 2. The van der Waals surface area contributed by atoms with Crippen molar-refractivity contribution in [3.63, 3.8) is 0 Å². The molecule has 0 bridgehead atoms. The maximum atomic E-state index is 14.3. The Hall–Kier alpha value is -5.63. The first kappa shape index (κ1) is 41.0. The fourth-order valence-electron chi connectivity index (χ4n) is 7.47. The summed E-state index contributed by atoms with van der Waals surface area (Å²) in [5.41, 5.74) is 9.21. The van der Waals surface area contributed by atoms with Gasteiger partial charge in [0.05, 0.1) is 31.8 Å². The predicted octanol–water partition coefficient (Wildman–Crippen LogP) is 11.7. The number of para-hydroxylation sites is 1. The molecule has 5 aromatic rings. The largest absolute Gasteiger partial charge is 0.513 e. The number of rotatable bonds is 13. The minimum atomic E-state index is -0.910. The molecule has 8 nitrogen and oxygen atoms in total. The maximum absolute atomic E-state index is 14.3. The molecule has 1 heterocycles. The highest BCUT2D eigenvalue weighted by Gasteiger charge is 2.35. The van der Waals surface area contributed by atoms with Crippen LogP contribution in [0.25, 0.3) is 22.4 Å². The number of allylic oxidation sites excluding steroid dienone is 1. The highest BCUT2D eigenvalue weighted by molar-refractivity contribution is 5.91. The third-order valence-corrected chi connectivity index (χ3v) is 10.7. The third kappa shape index (κ3) is 9.17. The second kappa shape index (κ2) is 17.2. The molecule has 1 aliphatic rings. The monoisotopic (exact) mass is 768 g/mol. The van der Waals surface area contributed by atoms with Crippen molar-refractivity contribution in [3.05, 3.63) is 143 Å². The Kier molecular flexibility index (Phi) is 12.4. The van der Waals surface area contributed by atoms with Crippen LogP contribution in [-0.2, 0) is 29.8 Å². The van der Waals surface area contributed by atoms with Gasteiger partial charge in [-0.2, -0.15) is 0 Å². The molecule has 1 aliphatic carbocycles. The van der Waals surface area contributed by atoms with Gasteiger partial charge in [0.25, 0.3) is 0 Å². The zero-order chi connectivity index (χ0) is 40.9.